The summed E-state index contributed by atoms with van der Waals surface area (Å²) in [6, 6.07) is 0.519. The number of rotatable bonds is 3. The number of hydrogen-bond acceptors (Lipinski definition) is 5. The maximum Gasteiger partial charge on any atom is 0.244 e. The molecule has 31 heavy (non-hydrogen) atoms. The third kappa shape index (κ3) is 2.64. The van der Waals surface area contributed by atoms with Crippen LogP contribution in [0.5, 0.6) is 0 Å². The van der Waals surface area contributed by atoms with Gasteiger partial charge in [-0.3, -0.25) is 14.5 Å². The summed E-state index contributed by atoms with van der Waals surface area (Å²) in [6.07, 6.45) is 10.8. The average Bonchev–Trinajstić information content (AvgIpc) is 3.51. The van der Waals surface area contributed by atoms with Crippen molar-refractivity contribution in [3.63, 3.8) is 0 Å². The van der Waals surface area contributed by atoms with Gasteiger partial charge in [-0.2, -0.15) is 4.98 Å². The first-order chi connectivity index (χ1) is 14.9. The Morgan fingerprint density at radius 2 is 2.00 bits per heavy atom. The molecule has 2 bridgehead atoms. The lowest BCUT2D eigenvalue weighted by molar-refractivity contribution is -0.140. The van der Waals surface area contributed by atoms with Crippen molar-refractivity contribution < 1.29 is 9.59 Å². The van der Waals surface area contributed by atoms with Crippen LogP contribution in [-0.2, 0) is 16.0 Å². The highest BCUT2D eigenvalue weighted by Crippen LogP contribution is 2.58. The van der Waals surface area contributed by atoms with Crippen molar-refractivity contribution in [2.24, 2.45) is 22.7 Å². The van der Waals surface area contributed by atoms with Gasteiger partial charge in [0.2, 0.25) is 17.8 Å². The molecule has 1 saturated heterocycles. The second-order valence-corrected chi connectivity index (χ2v) is 10.9. The number of nitrogens with one attached hydrogen (secondary N) is 2. The van der Waals surface area contributed by atoms with Crippen molar-refractivity contribution in [1.29, 1.82) is 0 Å². The highest BCUT2D eigenvalue weighted by molar-refractivity contribution is 6.14. The molecule has 7 heteroatoms. The minimum absolute atomic E-state index is 0.0490. The summed E-state index contributed by atoms with van der Waals surface area (Å²) in [5.74, 6) is 2.70. The van der Waals surface area contributed by atoms with Crippen molar-refractivity contribution in [3.8, 4) is 0 Å². The molecule has 4 fully saturated rings. The zero-order valence-corrected chi connectivity index (χ0v) is 18.6. The summed E-state index contributed by atoms with van der Waals surface area (Å²) in [7, 11) is 0. The smallest absolute Gasteiger partial charge is 0.244 e. The Labute approximate surface area is 183 Å². The van der Waals surface area contributed by atoms with Crippen LogP contribution in [0.4, 0.5) is 11.8 Å². The summed E-state index contributed by atoms with van der Waals surface area (Å²) in [5.41, 5.74) is 0.250. The van der Waals surface area contributed by atoms with Gasteiger partial charge in [0.1, 0.15) is 11.2 Å². The fourth-order valence-electron chi connectivity index (χ4n) is 7.35. The lowest BCUT2D eigenvalue weighted by Gasteiger charge is -2.41. The monoisotopic (exact) mass is 423 g/mol. The van der Waals surface area contributed by atoms with Gasteiger partial charge in [-0.25, -0.2) is 4.98 Å². The number of hydrogen-bond donors (Lipinski definition) is 2. The first-order valence-electron chi connectivity index (χ1n) is 12.2. The fourth-order valence-corrected chi connectivity index (χ4v) is 7.35. The van der Waals surface area contributed by atoms with E-state index in [-0.39, 0.29) is 23.3 Å². The van der Waals surface area contributed by atoms with Crippen LogP contribution in [0.25, 0.3) is 0 Å². The van der Waals surface area contributed by atoms with E-state index in [0.29, 0.717) is 31.4 Å². The van der Waals surface area contributed by atoms with Crippen molar-refractivity contribution in [3.05, 3.63) is 11.8 Å². The molecule has 2 amide bonds. The van der Waals surface area contributed by atoms with Crippen LogP contribution in [0, 0.1) is 22.7 Å². The molecule has 166 valence electrons. The van der Waals surface area contributed by atoms with Crippen LogP contribution >= 0.6 is 0 Å². The van der Waals surface area contributed by atoms with Crippen molar-refractivity contribution in [1.82, 2.24) is 15.3 Å². The Kier molecular flexibility index (Phi) is 4.19. The minimum atomic E-state index is -0.971. The topological polar surface area (TPSA) is 87.2 Å². The number of fused-ring (bicyclic) bond motifs is 3. The zero-order chi connectivity index (χ0) is 21.4. The second-order valence-electron chi connectivity index (χ2n) is 10.9. The van der Waals surface area contributed by atoms with Gasteiger partial charge in [-0.05, 0) is 55.8 Å². The van der Waals surface area contributed by atoms with E-state index < -0.39 is 5.41 Å². The van der Waals surface area contributed by atoms with Gasteiger partial charge in [-0.1, -0.05) is 26.7 Å². The van der Waals surface area contributed by atoms with Gasteiger partial charge >= 0.3 is 0 Å². The first kappa shape index (κ1) is 19.5. The van der Waals surface area contributed by atoms with E-state index in [1.54, 1.807) is 0 Å². The van der Waals surface area contributed by atoms with Gasteiger partial charge in [0.05, 0.1) is 0 Å². The van der Waals surface area contributed by atoms with Crippen LogP contribution in [0.2, 0.25) is 0 Å². The number of nitrogens with zero attached hydrogens (tertiary/aromatic N) is 3. The molecule has 1 spiro atoms. The number of carbonyl (C=O) groups is 2. The predicted molar refractivity (Wildman–Crippen MR) is 118 cm³/mol. The van der Waals surface area contributed by atoms with Gasteiger partial charge in [0, 0.05) is 36.8 Å². The number of carbonyl (C=O) groups excluding carboxylic acids is 2. The quantitative estimate of drug-likeness (QED) is 0.730. The number of amides is 2. The second kappa shape index (κ2) is 6.66. The minimum Gasteiger partial charge on any atom is -0.355 e. The van der Waals surface area contributed by atoms with Crippen LogP contribution in [0.1, 0.15) is 70.8 Å². The van der Waals surface area contributed by atoms with E-state index in [9.17, 15) is 9.59 Å². The molecule has 5 atom stereocenters. The maximum atomic E-state index is 13.7. The van der Waals surface area contributed by atoms with Gasteiger partial charge in [0.15, 0.2) is 0 Å². The highest BCUT2D eigenvalue weighted by Gasteiger charge is 2.57. The summed E-state index contributed by atoms with van der Waals surface area (Å²) in [4.78, 5) is 38.0. The molecule has 4 unspecified atom stereocenters. The Balaban J connectivity index is 1.36. The first-order valence-corrected chi connectivity index (χ1v) is 12.2. The Morgan fingerprint density at radius 3 is 2.65 bits per heavy atom. The van der Waals surface area contributed by atoms with Crippen LogP contribution in [-0.4, -0.2) is 40.4 Å². The van der Waals surface area contributed by atoms with Crippen LogP contribution in [0.3, 0.4) is 0 Å². The molecule has 0 aromatic carbocycles. The van der Waals surface area contributed by atoms with E-state index in [2.05, 4.69) is 29.5 Å². The van der Waals surface area contributed by atoms with E-state index in [1.807, 2.05) is 11.1 Å². The van der Waals surface area contributed by atoms with Gasteiger partial charge in [-0.15, -0.1) is 0 Å². The standard InChI is InChI=1S/C24H33N5O2/c1-14-15-7-8-23(14,2)18(11-15)27-22-26-13-16-12-24(9-10-25-20(24)30)21(31)29(19(16)28-22)17-5-3-4-6-17/h13-15,17-18H,3-12H2,1-2H3,(H,25,30)(H,26,27,28)/t14?,15?,18?,23?,24-/m1/s1. The van der Waals surface area contributed by atoms with Gasteiger partial charge in [0.25, 0.3) is 0 Å². The molecule has 5 aliphatic rings. The molecule has 7 nitrogen and oxygen atoms in total. The zero-order valence-electron chi connectivity index (χ0n) is 18.6. The SMILES string of the molecule is CC1C2CCC1(C)C(Nc1ncc3c(n1)N(C1CCCC1)C(=O)[C@]1(CCNC1=O)C3)C2. The molecule has 1 aromatic rings. The van der Waals surface area contributed by atoms with Crippen molar-refractivity contribution >= 4 is 23.6 Å². The van der Waals surface area contributed by atoms with Crippen molar-refractivity contribution in [2.45, 2.75) is 83.7 Å². The predicted octanol–water partition coefficient (Wildman–Crippen LogP) is 3.05. The van der Waals surface area contributed by atoms with Gasteiger partial charge < -0.3 is 10.6 Å². The van der Waals surface area contributed by atoms with Crippen molar-refractivity contribution in [2.75, 3.05) is 16.8 Å². The molecule has 3 heterocycles. The molecule has 2 aliphatic heterocycles. The third-order valence-electron chi connectivity index (χ3n) is 9.59. The molecule has 2 N–H and O–H groups in total. The number of aromatic nitrogens is 2. The normalized spacial score (nSPS) is 39.4. The van der Waals surface area contributed by atoms with Crippen LogP contribution < -0.4 is 15.5 Å². The lowest BCUT2D eigenvalue weighted by Crippen LogP contribution is -2.56. The van der Waals surface area contributed by atoms with E-state index in [4.69, 9.17) is 4.98 Å². The average molecular weight is 424 g/mol. The molecular weight excluding hydrogens is 390 g/mol. The largest absolute Gasteiger partial charge is 0.355 e. The highest BCUT2D eigenvalue weighted by atomic mass is 16.2. The Hall–Kier alpha value is -2.18. The Bertz CT molecular complexity index is 944. The molecule has 3 saturated carbocycles. The summed E-state index contributed by atoms with van der Waals surface area (Å²) < 4.78 is 0. The summed E-state index contributed by atoms with van der Waals surface area (Å²) in [6.45, 7) is 5.36. The molecular formula is C24H33N5O2. The third-order valence-corrected chi connectivity index (χ3v) is 9.59. The molecule has 3 aliphatic carbocycles. The summed E-state index contributed by atoms with van der Waals surface area (Å²) in [5, 5.41) is 6.55. The lowest BCUT2D eigenvalue weighted by atomic mass is 9.76. The molecule has 6 rings (SSSR count). The van der Waals surface area contributed by atoms with Crippen LogP contribution in [0.15, 0.2) is 6.20 Å². The summed E-state index contributed by atoms with van der Waals surface area (Å²) >= 11 is 0. The molecule has 0 radical (unpaired) electrons. The van der Waals surface area contributed by atoms with E-state index in [1.165, 1.54) is 19.3 Å². The number of anilines is 2. The molecule has 1 aromatic heterocycles. The maximum absolute atomic E-state index is 13.7. The fraction of sp³-hybridized carbons (Fsp3) is 0.750. The van der Waals surface area contributed by atoms with E-state index in [0.717, 1.165) is 48.9 Å². The Morgan fingerprint density at radius 1 is 1.19 bits per heavy atom. The van der Waals surface area contributed by atoms with E-state index >= 15 is 0 Å².